The molecule has 1 saturated heterocycles. The van der Waals surface area contributed by atoms with Crippen molar-refractivity contribution in [1.82, 2.24) is 0 Å². The zero-order valence-corrected chi connectivity index (χ0v) is 20.5. The van der Waals surface area contributed by atoms with Crippen LogP contribution in [-0.2, 0) is 19.0 Å². The molecule has 0 spiro atoms. The van der Waals surface area contributed by atoms with Crippen LogP contribution in [0.25, 0.3) is 0 Å². The second-order valence-corrected chi connectivity index (χ2v) is 9.87. The van der Waals surface area contributed by atoms with E-state index < -0.39 is 5.60 Å². The molecule has 0 N–H and O–H groups in total. The van der Waals surface area contributed by atoms with E-state index in [1.54, 1.807) is 0 Å². The van der Waals surface area contributed by atoms with Crippen molar-refractivity contribution in [3.63, 3.8) is 0 Å². The van der Waals surface area contributed by atoms with Crippen LogP contribution in [0.4, 0.5) is 0 Å². The Labute approximate surface area is 186 Å². The van der Waals surface area contributed by atoms with Gasteiger partial charge in [0.1, 0.15) is 5.60 Å². The van der Waals surface area contributed by atoms with Crippen molar-refractivity contribution in [3.05, 3.63) is 12.2 Å². The van der Waals surface area contributed by atoms with Gasteiger partial charge in [-0.05, 0) is 52.9 Å². The molecule has 0 aromatic carbocycles. The van der Waals surface area contributed by atoms with Gasteiger partial charge in [0.25, 0.3) is 0 Å². The van der Waals surface area contributed by atoms with Crippen LogP contribution in [-0.4, -0.2) is 30.6 Å². The molecule has 0 aromatic heterocycles. The van der Waals surface area contributed by atoms with Gasteiger partial charge < -0.3 is 14.2 Å². The predicted molar refractivity (Wildman–Crippen MR) is 124 cm³/mol. The lowest BCUT2D eigenvalue weighted by atomic mass is 9.99. The van der Waals surface area contributed by atoms with E-state index in [1.165, 1.54) is 57.8 Å². The molecular weight excluding hydrogens is 376 g/mol. The SMILES string of the molecule is CCCCCCCC1(CCCCCC/C=C/C[C@@H](C)C(=O)OC(C)(C)C)OCCO1. The van der Waals surface area contributed by atoms with Crippen LogP contribution in [0.3, 0.4) is 0 Å². The minimum Gasteiger partial charge on any atom is -0.460 e. The van der Waals surface area contributed by atoms with Gasteiger partial charge in [-0.1, -0.05) is 64.5 Å². The Bertz CT molecular complexity index is 472. The first-order valence-corrected chi connectivity index (χ1v) is 12.4. The van der Waals surface area contributed by atoms with Gasteiger partial charge in [-0.25, -0.2) is 0 Å². The van der Waals surface area contributed by atoms with E-state index in [0.717, 1.165) is 38.9 Å². The molecular formula is C26H48O4. The van der Waals surface area contributed by atoms with Gasteiger partial charge in [-0.15, -0.1) is 0 Å². The minimum atomic E-state index is -0.405. The lowest BCUT2D eigenvalue weighted by molar-refractivity contribution is -0.168. The number of unbranched alkanes of at least 4 members (excludes halogenated alkanes) is 8. The van der Waals surface area contributed by atoms with Gasteiger partial charge in [-0.2, -0.15) is 0 Å². The summed E-state index contributed by atoms with van der Waals surface area (Å²) in [5.74, 6) is -0.475. The van der Waals surface area contributed by atoms with E-state index in [1.807, 2.05) is 27.7 Å². The van der Waals surface area contributed by atoms with Gasteiger partial charge in [0.15, 0.2) is 5.79 Å². The zero-order chi connectivity index (χ0) is 22.3. The maximum Gasteiger partial charge on any atom is 0.309 e. The van der Waals surface area contributed by atoms with Crippen LogP contribution < -0.4 is 0 Å². The molecule has 1 heterocycles. The molecule has 1 atom stereocenters. The van der Waals surface area contributed by atoms with Crippen molar-refractivity contribution >= 4 is 5.97 Å². The van der Waals surface area contributed by atoms with E-state index in [9.17, 15) is 4.79 Å². The summed E-state index contributed by atoms with van der Waals surface area (Å²) in [5, 5.41) is 0. The summed E-state index contributed by atoms with van der Waals surface area (Å²) in [4.78, 5) is 12.0. The standard InChI is InChI=1S/C26H48O4/c1-6-7-8-13-16-19-26(28-21-22-29-26)20-17-14-11-9-10-12-15-18-23(2)24(27)30-25(3,4)5/h12,15,23H,6-11,13-14,16-22H2,1-5H3/b15-12+/t23-/m1/s1. The number of ether oxygens (including phenoxy) is 3. The Kier molecular flexibility index (Phi) is 13.6. The van der Waals surface area contributed by atoms with Gasteiger partial charge in [-0.3, -0.25) is 4.79 Å². The largest absolute Gasteiger partial charge is 0.460 e. The molecule has 0 unspecified atom stereocenters. The summed E-state index contributed by atoms with van der Waals surface area (Å²) in [6, 6.07) is 0. The lowest BCUT2D eigenvalue weighted by Crippen LogP contribution is -2.30. The molecule has 0 bridgehead atoms. The molecule has 4 heteroatoms. The van der Waals surface area contributed by atoms with Crippen molar-refractivity contribution in [1.29, 1.82) is 0 Å². The van der Waals surface area contributed by atoms with Crippen LogP contribution >= 0.6 is 0 Å². The van der Waals surface area contributed by atoms with Crippen LogP contribution in [0.5, 0.6) is 0 Å². The lowest BCUT2D eigenvalue weighted by Gasteiger charge is -2.27. The Morgan fingerprint density at radius 2 is 1.50 bits per heavy atom. The molecule has 1 fully saturated rings. The summed E-state index contributed by atoms with van der Waals surface area (Å²) in [6.07, 6.45) is 19.6. The van der Waals surface area contributed by atoms with Crippen molar-refractivity contribution in [2.75, 3.05) is 13.2 Å². The molecule has 4 nitrogen and oxygen atoms in total. The van der Waals surface area contributed by atoms with Crippen molar-refractivity contribution < 1.29 is 19.0 Å². The van der Waals surface area contributed by atoms with Gasteiger partial charge >= 0.3 is 5.97 Å². The van der Waals surface area contributed by atoms with E-state index in [4.69, 9.17) is 14.2 Å². The number of carbonyl (C=O) groups is 1. The van der Waals surface area contributed by atoms with Crippen LogP contribution in [0, 0.1) is 5.92 Å². The van der Waals surface area contributed by atoms with E-state index in [2.05, 4.69) is 19.1 Å². The maximum absolute atomic E-state index is 12.0. The average molecular weight is 425 g/mol. The van der Waals surface area contributed by atoms with E-state index >= 15 is 0 Å². The number of allylic oxidation sites excluding steroid dienone is 2. The molecule has 176 valence electrons. The Morgan fingerprint density at radius 3 is 2.07 bits per heavy atom. The second-order valence-electron chi connectivity index (χ2n) is 9.87. The summed E-state index contributed by atoms with van der Waals surface area (Å²) >= 11 is 0. The topological polar surface area (TPSA) is 44.8 Å². The molecule has 30 heavy (non-hydrogen) atoms. The van der Waals surface area contributed by atoms with Gasteiger partial charge in [0.2, 0.25) is 0 Å². The highest BCUT2D eigenvalue weighted by Gasteiger charge is 2.35. The quantitative estimate of drug-likeness (QED) is 0.147. The summed E-state index contributed by atoms with van der Waals surface area (Å²) < 4.78 is 17.4. The van der Waals surface area contributed by atoms with Crippen molar-refractivity contribution in [2.24, 2.45) is 5.92 Å². The van der Waals surface area contributed by atoms with E-state index in [0.29, 0.717) is 0 Å². The number of hydrogen-bond donors (Lipinski definition) is 0. The summed E-state index contributed by atoms with van der Waals surface area (Å²) in [5.41, 5.74) is -0.405. The fourth-order valence-electron chi connectivity index (χ4n) is 3.84. The van der Waals surface area contributed by atoms with Crippen LogP contribution in [0.1, 0.15) is 118 Å². The number of esters is 1. The third kappa shape index (κ3) is 12.7. The first-order valence-electron chi connectivity index (χ1n) is 12.4. The molecule has 0 amide bonds. The first-order chi connectivity index (χ1) is 14.3. The Hall–Kier alpha value is -0.870. The minimum absolute atomic E-state index is 0.0787. The highest BCUT2D eigenvalue weighted by molar-refractivity contribution is 5.72. The average Bonchev–Trinajstić information content (AvgIpc) is 3.14. The summed E-state index contributed by atoms with van der Waals surface area (Å²) in [6.45, 7) is 11.4. The third-order valence-corrected chi connectivity index (χ3v) is 5.62. The fraction of sp³-hybridized carbons (Fsp3) is 0.885. The molecule has 0 saturated carbocycles. The van der Waals surface area contributed by atoms with Crippen LogP contribution in [0.2, 0.25) is 0 Å². The molecule has 0 radical (unpaired) electrons. The molecule has 1 aliphatic heterocycles. The molecule has 1 rings (SSSR count). The number of carbonyl (C=O) groups excluding carboxylic acids is 1. The van der Waals surface area contributed by atoms with Crippen molar-refractivity contribution in [3.8, 4) is 0 Å². The van der Waals surface area contributed by atoms with Gasteiger partial charge in [0, 0.05) is 12.8 Å². The first kappa shape index (κ1) is 27.2. The monoisotopic (exact) mass is 424 g/mol. The molecule has 0 aliphatic carbocycles. The Balaban J connectivity index is 2.09. The van der Waals surface area contributed by atoms with Crippen molar-refractivity contribution in [2.45, 2.75) is 129 Å². The fourth-order valence-corrected chi connectivity index (χ4v) is 3.84. The second kappa shape index (κ2) is 15.0. The highest BCUT2D eigenvalue weighted by Crippen LogP contribution is 2.32. The van der Waals surface area contributed by atoms with Gasteiger partial charge in [0.05, 0.1) is 19.1 Å². The Morgan fingerprint density at radius 1 is 0.933 bits per heavy atom. The van der Waals surface area contributed by atoms with Crippen LogP contribution in [0.15, 0.2) is 12.2 Å². The third-order valence-electron chi connectivity index (χ3n) is 5.62. The summed E-state index contributed by atoms with van der Waals surface area (Å²) in [7, 11) is 0. The van der Waals surface area contributed by atoms with E-state index in [-0.39, 0.29) is 17.7 Å². The molecule has 1 aliphatic rings. The normalized spacial score (nSPS) is 17.5. The number of rotatable bonds is 16. The number of hydrogen-bond acceptors (Lipinski definition) is 4. The maximum atomic E-state index is 12.0. The predicted octanol–water partition coefficient (Wildman–Crippen LogP) is 7.35. The smallest absolute Gasteiger partial charge is 0.309 e. The highest BCUT2D eigenvalue weighted by atomic mass is 16.7. The zero-order valence-electron chi connectivity index (χ0n) is 20.5. The molecule has 0 aromatic rings.